The average Bonchev–Trinajstić information content (AvgIpc) is 3.16. The third-order valence-electron chi connectivity index (χ3n) is 4.86. The molecule has 1 aliphatic heterocycles. The lowest BCUT2D eigenvalue weighted by molar-refractivity contribution is 0.124. The molecule has 1 unspecified atom stereocenters. The lowest BCUT2D eigenvalue weighted by atomic mass is 9.99. The first-order chi connectivity index (χ1) is 13.3. The van der Waals surface area contributed by atoms with Gasteiger partial charge in [-0.05, 0) is 55.8 Å². The van der Waals surface area contributed by atoms with E-state index in [1.165, 1.54) is 18.6 Å². The summed E-state index contributed by atoms with van der Waals surface area (Å²) in [5, 5.41) is 0. The van der Waals surface area contributed by atoms with Crippen molar-refractivity contribution in [3.05, 3.63) is 72.4 Å². The van der Waals surface area contributed by atoms with Crippen molar-refractivity contribution in [1.82, 2.24) is 9.88 Å². The molecule has 0 spiro atoms. The molecule has 0 amide bonds. The Hall–Kier alpha value is -2.66. The van der Waals surface area contributed by atoms with Gasteiger partial charge in [0.05, 0.1) is 12.3 Å². The number of aromatic nitrogens is 1. The Labute approximate surface area is 158 Å². The highest BCUT2D eigenvalue weighted by atomic mass is 19.1. The number of ether oxygens (including phenoxy) is 1. The van der Waals surface area contributed by atoms with Crippen LogP contribution in [0.4, 0.5) is 4.39 Å². The Kier molecular flexibility index (Phi) is 5.49. The minimum absolute atomic E-state index is 0.261. The summed E-state index contributed by atoms with van der Waals surface area (Å²) >= 11 is 0. The molecule has 2 heterocycles. The van der Waals surface area contributed by atoms with E-state index < -0.39 is 0 Å². The Morgan fingerprint density at radius 2 is 1.93 bits per heavy atom. The first-order valence-corrected chi connectivity index (χ1v) is 9.37. The molecule has 0 bridgehead atoms. The summed E-state index contributed by atoms with van der Waals surface area (Å²) in [5.41, 5.74) is 1.69. The molecule has 0 saturated carbocycles. The van der Waals surface area contributed by atoms with Crippen LogP contribution in [0.3, 0.4) is 0 Å². The molecule has 1 atom stereocenters. The van der Waals surface area contributed by atoms with Crippen molar-refractivity contribution in [2.75, 3.05) is 19.7 Å². The van der Waals surface area contributed by atoms with Gasteiger partial charge in [0.25, 0.3) is 0 Å². The van der Waals surface area contributed by atoms with Gasteiger partial charge in [0.2, 0.25) is 5.89 Å². The van der Waals surface area contributed by atoms with Crippen molar-refractivity contribution in [2.24, 2.45) is 5.92 Å². The van der Waals surface area contributed by atoms with Gasteiger partial charge in [-0.3, -0.25) is 4.90 Å². The van der Waals surface area contributed by atoms with E-state index in [1.807, 2.05) is 30.3 Å². The maximum atomic E-state index is 13.1. The predicted octanol–water partition coefficient (Wildman–Crippen LogP) is 4.77. The zero-order valence-corrected chi connectivity index (χ0v) is 15.2. The van der Waals surface area contributed by atoms with E-state index in [9.17, 15) is 4.39 Å². The zero-order valence-electron chi connectivity index (χ0n) is 15.2. The third-order valence-corrected chi connectivity index (χ3v) is 4.86. The molecule has 1 saturated heterocycles. The van der Waals surface area contributed by atoms with E-state index >= 15 is 0 Å². The van der Waals surface area contributed by atoms with Gasteiger partial charge >= 0.3 is 0 Å². The van der Waals surface area contributed by atoms with Crippen LogP contribution in [0.1, 0.15) is 18.5 Å². The molecule has 140 valence electrons. The number of hydrogen-bond acceptors (Lipinski definition) is 4. The molecule has 4 rings (SSSR count). The molecule has 0 aliphatic carbocycles. The molecule has 0 radical (unpaired) electrons. The Morgan fingerprint density at radius 3 is 2.74 bits per heavy atom. The van der Waals surface area contributed by atoms with E-state index in [0.717, 1.165) is 49.7 Å². The number of oxazole rings is 1. The molecule has 1 aliphatic rings. The molecule has 27 heavy (non-hydrogen) atoms. The minimum Gasteiger partial charge on any atom is -0.493 e. The van der Waals surface area contributed by atoms with Gasteiger partial charge in [0.15, 0.2) is 0 Å². The van der Waals surface area contributed by atoms with Gasteiger partial charge < -0.3 is 9.15 Å². The number of nitrogens with zero attached hydrogens (tertiary/aromatic N) is 2. The standard InChI is InChI=1S/C22H23FN2O2/c23-19-10-8-18(9-11-19)22-24-20(16-27-22)14-25-12-4-5-17(13-25)15-26-21-6-2-1-3-7-21/h1-3,6-11,16-17H,4-5,12-15H2. The van der Waals surface area contributed by atoms with Crippen molar-refractivity contribution in [2.45, 2.75) is 19.4 Å². The molecule has 1 aromatic heterocycles. The van der Waals surface area contributed by atoms with Crippen LogP contribution in [0.2, 0.25) is 0 Å². The number of benzene rings is 2. The van der Waals surface area contributed by atoms with Crippen molar-refractivity contribution in [1.29, 1.82) is 0 Å². The smallest absolute Gasteiger partial charge is 0.226 e. The third kappa shape index (κ3) is 4.74. The maximum absolute atomic E-state index is 13.1. The summed E-state index contributed by atoms with van der Waals surface area (Å²) in [4.78, 5) is 6.96. The van der Waals surface area contributed by atoms with Crippen LogP contribution in [0.25, 0.3) is 11.5 Å². The van der Waals surface area contributed by atoms with E-state index in [2.05, 4.69) is 9.88 Å². The molecule has 2 aromatic carbocycles. The van der Waals surface area contributed by atoms with Crippen molar-refractivity contribution >= 4 is 0 Å². The summed E-state index contributed by atoms with van der Waals surface area (Å²) in [6.07, 6.45) is 4.04. The highest BCUT2D eigenvalue weighted by Crippen LogP contribution is 2.23. The summed E-state index contributed by atoms with van der Waals surface area (Å²) in [7, 11) is 0. The monoisotopic (exact) mass is 366 g/mol. The van der Waals surface area contributed by atoms with Crippen LogP contribution in [0, 0.1) is 11.7 Å². The van der Waals surface area contributed by atoms with Crippen LogP contribution in [0.15, 0.2) is 65.3 Å². The molecule has 3 aromatic rings. The Bertz CT molecular complexity index is 848. The van der Waals surface area contributed by atoms with Gasteiger partial charge in [0, 0.05) is 24.6 Å². The quantitative estimate of drug-likeness (QED) is 0.630. The van der Waals surface area contributed by atoms with Crippen LogP contribution in [-0.2, 0) is 6.54 Å². The van der Waals surface area contributed by atoms with Gasteiger partial charge in [-0.2, -0.15) is 0 Å². The normalized spacial score (nSPS) is 17.7. The summed E-state index contributed by atoms with van der Waals surface area (Å²) < 4.78 is 24.6. The molecular formula is C22H23FN2O2. The summed E-state index contributed by atoms with van der Waals surface area (Å²) in [6, 6.07) is 16.2. The number of rotatable bonds is 6. The number of halogens is 1. The second kappa shape index (κ2) is 8.35. The van der Waals surface area contributed by atoms with Crippen LogP contribution >= 0.6 is 0 Å². The molecule has 0 N–H and O–H groups in total. The van der Waals surface area contributed by atoms with E-state index in [0.29, 0.717) is 11.8 Å². The molecular weight excluding hydrogens is 343 g/mol. The lowest BCUT2D eigenvalue weighted by Crippen LogP contribution is -2.37. The lowest BCUT2D eigenvalue weighted by Gasteiger charge is -2.32. The van der Waals surface area contributed by atoms with Gasteiger partial charge in [-0.1, -0.05) is 18.2 Å². The average molecular weight is 366 g/mol. The molecule has 4 nitrogen and oxygen atoms in total. The van der Waals surface area contributed by atoms with Crippen LogP contribution in [-0.4, -0.2) is 29.6 Å². The number of hydrogen-bond donors (Lipinski definition) is 0. The Balaban J connectivity index is 1.32. The molecule has 5 heteroatoms. The Morgan fingerprint density at radius 1 is 1.11 bits per heavy atom. The molecule has 1 fully saturated rings. The van der Waals surface area contributed by atoms with Crippen LogP contribution in [0.5, 0.6) is 5.75 Å². The number of para-hydroxylation sites is 1. The fraction of sp³-hybridized carbons (Fsp3) is 0.318. The van der Waals surface area contributed by atoms with Gasteiger partial charge in [-0.15, -0.1) is 0 Å². The van der Waals surface area contributed by atoms with Crippen LogP contribution < -0.4 is 4.74 Å². The predicted molar refractivity (Wildman–Crippen MR) is 102 cm³/mol. The van der Waals surface area contributed by atoms with Gasteiger partial charge in [0.1, 0.15) is 17.8 Å². The van der Waals surface area contributed by atoms with E-state index in [4.69, 9.17) is 9.15 Å². The van der Waals surface area contributed by atoms with E-state index in [1.54, 1.807) is 18.4 Å². The maximum Gasteiger partial charge on any atom is 0.226 e. The van der Waals surface area contributed by atoms with Crippen molar-refractivity contribution < 1.29 is 13.5 Å². The van der Waals surface area contributed by atoms with E-state index in [-0.39, 0.29) is 5.82 Å². The fourth-order valence-corrected chi connectivity index (χ4v) is 3.50. The first kappa shape index (κ1) is 17.7. The van der Waals surface area contributed by atoms with Crippen molar-refractivity contribution in [3.8, 4) is 17.2 Å². The first-order valence-electron chi connectivity index (χ1n) is 9.37. The second-order valence-corrected chi connectivity index (χ2v) is 7.02. The summed E-state index contributed by atoms with van der Waals surface area (Å²) in [5.74, 6) is 1.71. The zero-order chi connectivity index (χ0) is 18.5. The highest BCUT2D eigenvalue weighted by Gasteiger charge is 2.21. The number of piperidine rings is 1. The topological polar surface area (TPSA) is 38.5 Å². The van der Waals surface area contributed by atoms with Crippen molar-refractivity contribution in [3.63, 3.8) is 0 Å². The SMILES string of the molecule is Fc1ccc(-c2nc(CN3CCCC(COc4ccccc4)C3)co2)cc1. The second-order valence-electron chi connectivity index (χ2n) is 7.02. The number of likely N-dealkylation sites (tertiary alicyclic amines) is 1. The fourth-order valence-electron chi connectivity index (χ4n) is 3.50. The minimum atomic E-state index is -0.261. The summed E-state index contributed by atoms with van der Waals surface area (Å²) in [6.45, 7) is 3.54. The van der Waals surface area contributed by atoms with Gasteiger partial charge in [-0.25, -0.2) is 9.37 Å². The largest absolute Gasteiger partial charge is 0.493 e. The highest BCUT2D eigenvalue weighted by molar-refractivity contribution is 5.52.